The maximum Gasteiger partial charge on any atom is 0.0782 e. The summed E-state index contributed by atoms with van der Waals surface area (Å²) in [5.41, 5.74) is 5.63. The van der Waals surface area contributed by atoms with E-state index in [4.69, 9.17) is 0 Å². The summed E-state index contributed by atoms with van der Waals surface area (Å²) in [6, 6.07) is 14.5. The molecule has 0 saturated heterocycles. The third kappa shape index (κ3) is 2.96. The van der Waals surface area contributed by atoms with E-state index in [9.17, 15) is 5.11 Å². The van der Waals surface area contributed by atoms with Gasteiger partial charge in [0.2, 0.25) is 0 Å². The lowest BCUT2D eigenvalue weighted by atomic mass is 10.1. The van der Waals surface area contributed by atoms with Crippen LogP contribution >= 0.6 is 0 Å². The standard InChI is InChI=1S/C17H21NO/c1-12-9-13(2)11-15(10-12)18(4)17-8-6-5-7-16(17)14(3)19/h5-11,14,19H,1-4H3. The molecule has 2 heteroatoms. The summed E-state index contributed by atoms with van der Waals surface area (Å²) < 4.78 is 0. The van der Waals surface area contributed by atoms with E-state index in [0.29, 0.717) is 0 Å². The van der Waals surface area contributed by atoms with Crippen LogP contribution in [-0.2, 0) is 0 Å². The number of benzene rings is 2. The Labute approximate surface area is 115 Å². The van der Waals surface area contributed by atoms with Gasteiger partial charge in [0, 0.05) is 24.0 Å². The lowest BCUT2D eigenvalue weighted by molar-refractivity contribution is 0.200. The number of aliphatic hydroxyl groups is 1. The number of aryl methyl sites for hydroxylation is 2. The molecule has 0 aliphatic carbocycles. The number of hydrogen-bond donors (Lipinski definition) is 1. The monoisotopic (exact) mass is 255 g/mol. The zero-order valence-electron chi connectivity index (χ0n) is 12.0. The van der Waals surface area contributed by atoms with E-state index in [1.165, 1.54) is 11.1 Å². The number of hydrogen-bond acceptors (Lipinski definition) is 2. The molecular formula is C17H21NO. The molecule has 0 spiro atoms. The average Bonchev–Trinajstić information content (AvgIpc) is 2.36. The second kappa shape index (κ2) is 5.45. The van der Waals surface area contributed by atoms with Crippen LogP contribution in [-0.4, -0.2) is 12.2 Å². The molecule has 0 saturated carbocycles. The molecule has 1 unspecified atom stereocenters. The number of nitrogens with zero attached hydrogens (tertiary/aromatic N) is 1. The van der Waals surface area contributed by atoms with Crippen LogP contribution in [0.4, 0.5) is 11.4 Å². The normalized spacial score (nSPS) is 12.3. The van der Waals surface area contributed by atoms with Crippen LogP contribution in [0.5, 0.6) is 0 Å². The summed E-state index contributed by atoms with van der Waals surface area (Å²) in [6.07, 6.45) is -0.468. The second-order valence-electron chi connectivity index (χ2n) is 5.14. The van der Waals surface area contributed by atoms with Crippen molar-refractivity contribution in [1.29, 1.82) is 0 Å². The highest BCUT2D eigenvalue weighted by molar-refractivity contribution is 5.67. The zero-order valence-corrected chi connectivity index (χ0v) is 12.0. The number of para-hydroxylation sites is 1. The van der Waals surface area contributed by atoms with Crippen LogP contribution < -0.4 is 4.90 Å². The maximum atomic E-state index is 9.88. The number of rotatable bonds is 3. The maximum absolute atomic E-state index is 9.88. The third-order valence-corrected chi connectivity index (χ3v) is 3.34. The molecule has 2 rings (SSSR count). The highest BCUT2D eigenvalue weighted by atomic mass is 16.3. The van der Waals surface area contributed by atoms with Gasteiger partial charge in [-0.15, -0.1) is 0 Å². The first kappa shape index (κ1) is 13.6. The van der Waals surface area contributed by atoms with Crippen LogP contribution in [0.25, 0.3) is 0 Å². The zero-order chi connectivity index (χ0) is 14.0. The summed E-state index contributed by atoms with van der Waals surface area (Å²) in [7, 11) is 2.04. The van der Waals surface area contributed by atoms with E-state index in [-0.39, 0.29) is 0 Å². The summed E-state index contributed by atoms with van der Waals surface area (Å²) in [4.78, 5) is 2.13. The molecule has 2 aromatic carbocycles. The van der Waals surface area contributed by atoms with Crippen LogP contribution in [0.15, 0.2) is 42.5 Å². The highest BCUT2D eigenvalue weighted by Gasteiger charge is 2.12. The molecule has 2 nitrogen and oxygen atoms in total. The molecule has 2 aromatic rings. The minimum atomic E-state index is -0.468. The molecule has 19 heavy (non-hydrogen) atoms. The van der Waals surface area contributed by atoms with Crippen molar-refractivity contribution in [1.82, 2.24) is 0 Å². The van der Waals surface area contributed by atoms with E-state index in [1.54, 1.807) is 6.92 Å². The van der Waals surface area contributed by atoms with Crippen LogP contribution in [0.1, 0.15) is 29.7 Å². The molecule has 100 valence electrons. The van der Waals surface area contributed by atoms with Crippen LogP contribution in [0.3, 0.4) is 0 Å². The molecule has 0 heterocycles. The fraction of sp³-hybridized carbons (Fsp3) is 0.294. The van der Waals surface area contributed by atoms with Crippen molar-refractivity contribution in [2.45, 2.75) is 26.9 Å². The minimum absolute atomic E-state index is 0.468. The average molecular weight is 255 g/mol. The Hall–Kier alpha value is -1.80. The van der Waals surface area contributed by atoms with Crippen molar-refractivity contribution in [3.05, 3.63) is 59.2 Å². The summed E-state index contributed by atoms with van der Waals surface area (Å²) in [5.74, 6) is 0. The summed E-state index contributed by atoms with van der Waals surface area (Å²) in [5, 5.41) is 9.88. The topological polar surface area (TPSA) is 23.5 Å². The fourth-order valence-electron chi connectivity index (χ4n) is 2.43. The predicted octanol–water partition coefficient (Wildman–Crippen LogP) is 4.12. The van der Waals surface area contributed by atoms with Gasteiger partial charge >= 0.3 is 0 Å². The van der Waals surface area contributed by atoms with Gasteiger partial charge in [0.1, 0.15) is 0 Å². The van der Waals surface area contributed by atoms with Gasteiger partial charge in [-0.3, -0.25) is 0 Å². The first-order chi connectivity index (χ1) is 8.99. The van der Waals surface area contributed by atoms with Crippen molar-refractivity contribution in [3.63, 3.8) is 0 Å². The fourth-order valence-corrected chi connectivity index (χ4v) is 2.43. The van der Waals surface area contributed by atoms with E-state index in [1.807, 2.05) is 31.3 Å². The Balaban J connectivity index is 2.46. The van der Waals surface area contributed by atoms with Gasteiger partial charge in [0.15, 0.2) is 0 Å². The van der Waals surface area contributed by atoms with Gasteiger partial charge in [-0.2, -0.15) is 0 Å². The third-order valence-electron chi connectivity index (χ3n) is 3.34. The molecule has 0 amide bonds. The summed E-state index contributed by atoms with van der Waals surface area (Å²) in [6.45, 7) is 6.00. The molecule has 0 aromatic heterocycles. The second-order valence-corrected chi connectivity index (χ2v) is 5.14. The lowest BCUT2D eigenvalue weighted by Crippen LogP contribution is -2.13. The number of anilines is 2. The minimum Gasteiger partial charge on any atom is -0.389 e. The first-order valence-electron chi connectivity index (χ1n) is 6.58. The van der Waals surface area contributed by atoms with E-state index in [2.05, 4.69) is 36.9 Å². The quantitative estimate of drug-likeness (QED) is 0.891. The molecule has 0 aliphatic heterocycles. The van der Waals surface area contributed by atoms with Crippen LogP contribution in [0.2, 0.25) is 0 Å². The van der Waals surface area contributed by atoms with Gasteiger partial charge in [0.05, 0.1) is 6.10 Å². The Morgan fingerprint density at radius 3 is 2.16 bits per heavy atom. The van der Waals surface area contributed by atoms with Crippen LogP contribution in [0, 0.1) is 13.8 Å². The largest absolute Gasteiger partial charge is 0.389 e. The molecule has 0 bridgehead atoms. The highest BCUT2D eigenvalue weighted by Crippen LogP contribution is 2.31. The molecule has 1 N–H and O–H groups in total. The van der Waals surface area contributed by atoms with Gasteiger partial charge in [-0.25, -0.2) is 0 Å². The first-order valence-corrected chi connectivity index (χ1v) is 6.58. The molecule has 0 fully saturated rings. The SMILES string of the molecule is Cc1cc(C)cc(N(C)c2ccccc2C(C)O)c1. The van der Waals surface area contributed by atoms with Gasteiger partial charge in [0.25, 0.3) is 0 Å². The molecule has 0 radical (unpaired) electrons. The predicted molar refractivity (Wildman–Crippen MR) is 81.1 cm³/mol. The van der Waals surface area contributed by atoms with Crippen molar-refractivity contribution >= 4 is 11.4 Å². The van der Waals surface area contributed by atoms with Gasteiger partial charge < -0.3 is 10.0 Å². The van der Waals surface area contributed by atoms with E-state index in [0.717, 1.165) is 16.9 Å². The Morgan fingerprint density at radius 2 is 1.58 bits per heavy atom. The Bertz CT molecular complexity index is 555. The molecule has 1 atom stereocenters. The van der Waals surface area contributed by atoms with Crippen molar-refractivity contribution in [2.75, 3.05) is 11.9 Å². The van der Waals surface area contributed by atoms with E-state index >= 15 is 0 Å². The molecule has 0 aliphatic rings. The van der Waals surface area contributed by atoms with Gasteiger partial charge in [-0.1, -0.05) is 24.3 Å². The molecular weight excluding hydrogens is 234 g/mol. The summed E-state index contributed by atoms with van der Waals surface area (Å²) >= 11 is 0. The Morgan fingerprint density at radius 1 is 1.00 bits per heavy atom. The lowest BCUT2D eigenvalue weighted by Gasteiger charge is -2.24. The smallest absolute Gasteiger partial charge is 0.0782 e. The van der Waals surface area contributed by atoms with Crippen molar-refractivity contribution in [3.8, 4) is 0 Å². The van der Waals surface area contributed by atoms with Gasteiger partial charge in [-0.05, 0) is 50.1 Å². The van der Waals surface area contributed by atoms with Crippen molar-refractivity contribution in [2.24, 2.45) is 0 Å². The van der Waals surface area contributed by atoms with Crippen molar-refractivity contribution < 1.29 is 5.11 Å². The Kier molecular flexibility index (Phi) is 3.91. The van der Waals surface area contributed by atoms with E-state index < -0.39 is 6.10 Å². The number of aliphatic hydroxyl groups excluding tert-OH is 1.